The van der Waals surface area contributed by atoms with Crippen LogP contribution in [-0.2, 0) is 9.59 Å². The van der Waals surface area contributed by atoms with Crippen LogP contribution < -0.4 is 16.0 Å². The smallest absolute Gasteiger partial charge is 0.326 e. The van der Waals surface area contributed by atoms with Gasteiger partial charge in [-0.15, -0.1) is 0 Å². The van der Waals surface area contributed by atoms with E-state index in [4.69, 9.17) is 10.8 Å². The van der Waals surface area contributed by atoms with E-state index in [1.807, 2.05) is 0 Å². The van der Waals surface area contributed by atoms with Gasteiger partial charge in [-0.25, -0.2) is 9.78 Å². The molecule has 0 spiro atoms. The molecule has 0 bridgehead atoms. The van der Waals surface area contributed by atoms with Gasteiger partial charge in [0.05, 0.1) is 12.0 Å². The summed E-state index contributed by atoms with van der Waals surface area (Å²) < 4.78 is 0. The van der Waals surface area contributed by atoms with Gasteiger partial charge in [-0.2, -0.15) is 0 Å². The number of nitrogens with two attached hydrogens (primary N) is 1. The molecule has 1 aromatic rings. The summed E-state index contributed by atoms with van der Waals surface area (Å²) >= 11 is 0. The summed E-state index contributed by atoms with van der Waals surface area (Å²) in [6.07, 6.45) is 0.859. The number of carbonyl (C=O) groups excluding carboxylic acids is 2. The Bertz CT molecular complexity index is 513. The van der Waals surface area contributed by atoms with Gasteiger partial charge >= 0.3 is 5.97 Å². The molecule has 1 heterocycles. The maximum Gasteiger partial charge on any atom is 0.326 e. The number of carboxylic acid groups (broad SMARTS) is 1. The Hall–Kier alpha value is -2.64. The highest BCUT2D eigenvalue weighted by Crippen LogP contribution is 2.08. The van der Waals surface area contributed by atoms with Gasteiger partial charge in [0.1, 0.15) is 11.9 Å². The molecule has 0 saturated carbocycles. The Balaban J connectivity index is 2.78. The van der Waals surface area contributed by atoms with E-state index in [1.165, 1.54) is 12.3 Å². The van der Waals surface area contributed by atoms with E-state index in [9.17, 15) is 14.4 Å². The fourth-order valence-corrected chi connectivity index (χ4v) is 1.43. The van der Waals surface area contributed by atoms with E-state index >= 15 is 0 Å². The average Bonchev–Trinajstić information content (AvgIpc) is 2.37. The summed E-state index contributed by atoms with van der Waals surface area (Å²) in [5, 5.41) is 11.1. The number of carboxylic acids is 1. The number of nitrogens with one attached hydrogen (secondary N) is 1. The van der Waals surface area contributed by atoms with Gasteiger partial charge in [0.25, 0.3) is 5.91 Å². The predicted molar refractivity (Wildman–Crippen MR) is 71.3 cm³/mol. The van der Waals surface area contributed by atoms with Gasteiger partial charge in [-0.3, -0.25) is 9.59 Å². The summed E-state index contributed by atoms with van der Waals surface area (Å²) in [5.74, 6) is -2.10. The maximum atomic E-state index is 11.8. The summed E-state index contributed by atoms with van der Waals surface area (Å²) in [6.45, 7) is 0. The first kappa shape index (κ1) is 15.4. The third-order valence-corrected chi connectivity index (χ3v) is 2.48. The molecule has 2 amide bonds. The minimum Gasteiger partial charge on any atom is -0.480 e. The van der Waals surface area contributed by atoms with Crippen molar-refractivity contribution >= 4 is 23.6 Å². The van der Waals surface area contributed by atoms with Crippen molar-refractivity contribution in [3.8, 4) is 0 Å². The van der Waals surface area contributed by atoms with Crippen molar-refractivity contribution in [3.63, 3.8) is 0 Å². The van der Waals surface area contributed by atoms with Crippen molar-refractivity contribution in [1.82, 2.24) is 10.3 Å². The molecule has 1 atom stereocenters. The average molecular weight is 280 g/mol. The number of aliphatic carboxylic acids is 1. The summed E-state index contributed by atoms with van der Waals surface area (Å²) in [4.78, 5) is 39.3. The number of aromatic nitrogens is 1. The van der Waals surface area contributed by atoms with Gasteiger partial charge in [-0.05, 0) is 12.1 Å². The van der Waals surface area contributed by atoms with Crippen molar-refractivity contribution in [2.24, 2.45) is 5.73 Å². The number of hydrogen-bond acceptors (Lipinski definition) is 5. The van der Waals surface area contributed by atoms with Crippen molar-refractivity contribution in [2.75, 3.05) is 19.0 Å². The van der Waals surface area contributed by atoms with E-state index < -0.39 is 30.2 Å². The molecule has 0 aromatic carbocycles. The van der Waals surface area contributed by atoms with E-state index in [2.05, 4.69) is 10.3 Å². The Labute approximate surface area is 115 Å². The zero-order valence-electron chi connectivity index (χ0n) is 11.2. The van der Waals surface area contributed by atoms with Gasteiger partial charge < -0.3 is 21.1 Å². The second-order valence-corrected chi connectivity index (χ2v) is 4.33. The first-order valence-corrected chi connectivity index (χ1v) is 5.76. The molecular formula is C12H16N4O4. The molecular weight excluding hydrogens is 264 g/mol. The molecule has 0 fully saturated rings. The second kappa shape index (κ2) is 6.50. The van der Waals surface area contributed by atoms with Crippen LogP contribution in [-0.4, -0.2) is 48.0 Å². The summed E-state index contributed by atoms with van der Waals surface area (Å²) in [5.41, 5.74) is 5.13. The van der Waals surface area contributed by atoms with Crippen molar-refractivity contribution in [2.45, 2.75) is 12.5 Å². The topological polar surface area (TPSA) is 126 Å². The largest absolute Gasteiger partial charge is 0.480 e. The highest BCUT2D eigenvalue weighted by atomic mass is 16.4. The number of hydrogen-bond donors (Lipinski definition) is 3. The minimum absolute atomic E-state index is 0.200. The fraction of sp³-hybridized carbons (Fsp3) is 0.333. The number of rotatable bonds is 6. The molecule has 8 heteroatoms. The molecule has 20 heavy (non-hydrogen) atoms. The number of amides is 2. The van der Waals surface area contributed by atoms with Crippen LogP contribution in [0.5, 0.6) is 0 Å². The highest BCUT2D eigenvalue weighted by Gasteiger charge is 2.22. The van der Waals surface area contributed by atoms with Crippen molar-refractivity contribution < 1.29 is 19.5 Å². The van der Waals surface area contributed by atoms with E-state index in [-0.39, 0.29) is 5.56 Å². The third-order valence-electron chi connectivity index (χ3n) is 2.48. The van der Waals surface area contributed by atoms with Crippen LogP contribution >= 0.6 is 0 Å². The zero-order valence-corrected chi connectivity index (χ0v) is 11.2. The summed E-state index contributed by atoms with van der Waals surface area (Å²) in [6, 6.07) is 1.79. The lowest BCUT2D eigenvalue weighted by Gasteiger charge is -2.14. The van der Waals surface area contributed by atoms with E-state index in [1.54, 1.807) is 25.1 Å². The number of anilines is 1. The number of nitrogens with zero attached hydrogens (tertiary/aromatic N) is 2. The Kier molecular flexibility index (Phi) is 5.01. The standard InChI is InChI=1S/C12H16N4O4/c1-16(2)10-4-3-7(6-14-10)11(18)15-8(12(19)20)5-9(13)17/h3-4,6,8H,5H2,1-2H3,(H2,13,17)(H,15,18)(H,19,20). The molecule has 0 aliphatic heterocycles. The lowest BCUT2D eigenvalue weighted by Crippen LogP contribution is -2.43. The third kappa shape index (κ3) is 4.23. The minimum atomic E-state index is -1.35. The molecule has 0 saturated heterocycles. The lowest BCUT2D eigenvalue weighted by molar-refractivity contribution is -0.140. The molecule has 0 aliphatic rings. The normalized spacial score (nSPS) is 11.5. The Morgan fingerprint density at radius 1 is 1.40 bits per heavy atom. The zero-order chi connectivity index (χ0) is 15.3. The van der Waals surface area contributed by atoms with Crippen LogP contribution in [0.1, 0.15) is 16.8 Å². The molecule has 0 aliphatic carbocycles. The number of carbonyl (C=O) groups is 3. The first-order valence-electron chi connectivity index (χ1n) is 5.76. The fourth-order valence-electron chi connectivity index (χ4n) is 1.43. The lowest BCUT2D eigenvalue weighted by atomic mass is 10.1. The monoisotopic (exact) mass is 280 g/mol. The molecule has 4 N–H and O–H groups in total. The van der Waals surface area contributed by atoms with Gasteiger partial charge in [0.2, 0.25) is 5.91 Å². The Morgan fingerprint density at radius 2 is 2.05 bits per heavy atom. The first-order chi connectivity index (χ1) is 9.31. The second-order valence-electron chi connectivity index (χ2n) is 4.33. The molecule has 0 radical (unpaired) electrons. The van der Waals surface area contributed by atoms with Crippen LogP contribution in [0, 0.1) is 0 Å². The highest BCUT2D eigenvalue weighted by molar-refractivity contribution is 5.97. The molecule has 8 nitrogen and oxygen atoms in total. The van der Waals surface area contributed by atoms with Gasteiger partial charge in [0.15, 0.2) is 0 Å². The predicted octanol–water partition coefficient (Wildman–Crippen LogP) is -0.794. The maximum absolute atomic E-state index is 11.8. The van der Waals surface area contributed by atoms with Crippen molar-refractivity contribution in [3.05, 3.63) is 23.9 Å². The van der Waals surface area contributed by atoms with E-state index in [0.717, 1.165) is 0 Å². The summed E-state index contributed by atoms with van der Waals surface area (Å²) in [7, 11) is 3.60. The molecule has 1 aromatic heterocycles. The number of primary amides is 1. The molecule has 1 unspecified atom stereocenters. The van der Waals surface area contributed by atoms with Crippen LogP contribution in [0.25, 0.3) is 0 Å². The van der Waals surface area contributed by atoms with Crippen LogP contribution in [0.4, 0.5) is 5.82 Å². The van der Waals surface area contributed by atoms with Crippen LogP contribution in [0.3, 0.4) is 0 Å². The number of pyridine rings is 1. The quantitative estimate of drug-likeness (QED) is 0.626. The van der Waals surface area contributed by atoms with E-state index in [0.29, 0.717) is 5.82 Å². The SMILES string of the molecule is CN(C)c1ccc(C(=O)NC(CC(N)=O)C(=O)O)cn1. The Morgan fingerprint density at radius 3 is 2.45 bits per heavy atom. The van der Waals surface area contributed by atoms with Gasteiger partial charge in [-0.1, -0.05) is 0 Å². The molecule has 1 rings (SSSR count). The van der Waals surface area contributed by atoms with Crippen LogP contribution in [0.15, 0.2) is 18.3 Å². The molecule has 108 valence electrons. The van der Waals surface area contributed by atoms with Crippen LogP contribution in [0.2, 0.25) is 0 Å². The van der Waals surface area contributed by atoms with Crippen molar-refractivity contribution in [1.29, 1.82) is 0 Å². The van der Waals surface area contributed by atoms with Gasteiger partial charge in [0, 0.05) is 20.3 Å².